The quantitative estimate of drug-likeness (QED) is 0.493. The van der Waals surface area contributed by atoms with Crippen LogP contribution in [-0.4, -0.2) is 38.6 Å². The molecular formula is C23H27N5O3. The van der Waals surface area contributed by atoms with E-state index in [0.717, 1.165) is 34.6 Å². The molecule has 0 aliphatic rings. The number of ether oxygens (including phenoxy) is 2. The average molecular weight is 422 g/mol. The summed E-state index contributed by atoms with van der Waals surface area (Å²) in [5.41, 5.74) is 5.03. The number of fused-ring (bicyclic) bond motifs is 1. The molecule has 3 heterocycles. The highest BCUT2D eigenvalue weighted by atomic mass is 16.5. The van der Waals surface area contributed by atoms with Crippen molar-refractivity contribution >= 4 is 5.65 Å². The number of aryl methyl sites for hydroxylation is 2. The van der Waals surface area contributed by atoms with E-state index in [1.807, 2.05) is 42.8 Å². The van der Waals surface area contributed by atoms with Crippen molar-refractivity contribution in [2.24, 2.45) is 0 Å². The van der Waals surface area contributed by atoms with Gasteiger partial charge in [-0.2, -0.15) is 5.10 Å². The number of hydrogen-bond acceptors (Lipinski definition) is 5. The summed E-state index contributed by atoms with van der Waals surface area (Å²) in [4.78, 5) is 17.8. The summed E-state index contributed by atoms with van der Waals surface area (Å²) in [7, 11) is 3.22. The van der Waals surface area contributed by atoms with Gasteiger partial charge in [0.2, 0.25) is 0 Å². The zero-order chi connectivity index (χ0) is 22.1. The molecule has 0 saturated heterocycles. The van der Waals surface area contributed by atoms with Gasteiger partial charge >= 0.3 is 0 Å². The maximum absolute atomic E-state index is 12.9. The molecule has 0 spiro atoms. The van der Waals surface area contributed by atoms with E-state index in [1.165, 1.54) is 4.52 Å². The van der Waals surface area contributed by atoms with Crippen molar-refractivity contribution in [3.05, 3.63) is 64.0 Å². The van der Waals surface area contributed by atoms with Crippen LogP contribution < -0.4 is 15.0 Å². The van der Waals surface area contributed by atoms with Gasteiger partial charge in [0.05, 0.1) is 19.9 Å². The summed E-state index contributed by atoms with van der Waals surface area (Å²) >= 11 is 0. The zero-order valence-electron chi connectivity index (χ0n) is 18.5. The second kappa shape index (κ2) is 8.29. The van der Waals surface area contributed by atoms with Gasteiger partial charge in [0.1, 0.15) is 0 Å². The van der Waals surface area contributed by atoms with Crippen molar-refractivity contribution in [3.63, 3.8) is 0 Å². The summed E-state index contributed by atoms with van der Waals surface area (Å²) < 4.78 is 14.3. The van der Waals surface area contributed by atoms with Gasteiger partial charge in [-0.3, -0.25) is 14.6 Å². The molecule has 1 N–H and O–H groups in total. The number of H-pyrrole nitrogens is 1. The smallest absolute Gasteiger partial charge is 0.272 e. The van der Waals surface area contributed by atoms with Crippen molar-refractivity contribution in [1.29, 1.82) is 0 Å². The van der Waals surface area contributed by atoms with Crippen molar-refractivity contribution < 1.29 is 9.47 Å². The lowest BCUT2D eigenvalue weighted by Gasteiger charge is -2.13. The number of rotatable bonds is 7. The molecule has 162 valence electrons. The number of nitrogens with one attached hydrogen (secondary N) is 1. The first-order valence-corrected chi connectivity index (χ1v) is 10.3. The van der Waals surface area contributed by atoms with Crippen LogP contribution in [0.2, 0.25) is 0 Å². The van der Waals surface area contributed by atoms with Crippen LogP contribution in [0.1, 0.15) is 36.8 Å². The van der Waals surface area contributed by atoms with Gasteiger partial charge in [-0.25, -0.2) is 9.50 Å². The Kier molecular flexibility index (Phi) is 5.54. The van der Waals surface area contributed by atoms with Crippen LogP contribution in [0.4, 0.5) is 0 Å². The first-order valence-electron chi connectivity index (χ1n) is 10.3. The molecule has 0 aliphatic carbocycles. The van der Waals surface area contributed by atoms with Gasteiger partial charge in [-0.05, 0) is 37.1 Å². The number of aromatic amines is 1. The minimum Gasteiger partial charge on any atom is -0.493 e. The highest BCUT2D eigenvalue weighted by molar-refractivity contribution is 5.81. The molecule has 0 aliphatic heterocycles. The van der Waals surface area contributed by atoms with Crippen LogP contribution in [0, 0.1) is 6.92 Å². The second-order valence-corrected chi connectivity index (χ2v) is 7.62. The van der Waals surface area contributed by atoms with Gasteiger partial charge in [0, 0.05) is 41.7 Å². The molecule has 0 amide bonds. The topological polar surface area (TPSA) is 86.4 Å². The van der Waals surface area contributed by atoms with Crippen molar-refractivity contribution in [1.82, 2.24) is 24.4 Å². The van der Waals surface area contributed by atoms with Crippen molar-refractivity contribution in [2.45, 2.75) is 39.7 Å². The average Bonchev–Trinajstić information content (AvgIpc) is 3.36. The van der Waals surface area contributed by atoms with Gasteiger partial charge in [-0.1, -0.05) is 19.9 Å². The molecule has 1 atom stereocenters. The molecule has 8 nitrogen and oxygen atoms in total. The van der Waals surface area contributed by atoms with Crippen molar-refractivity contribution in [2.75, 3.05) is 14.2 Å². The minimum atomic E-state index is -0.134. The van der Waals surface area contributed by atoms with E-state index in [4.69, 9.17) is 14.5 Å². The highest BCUT2D eigenvalue weighted by Gasteiger charge is 2.20. The zero-order valence-corrected chi connectivity index (χ0v) is 18.5. The largest absolute Gasteiger partial charge is 0.493 e. The Balaban J connectivity index is 1.86. The molecule has 0 fully saturated rings. The van der Waals surface area contributed by atoms with Crippen LogP contribution >= 0.6 is 0 Å². The number of nitrogens with zero attached hydrogens (tertiary/aromatic N) is 4. The maximum Gasteiger partial charge on any atom is 0.272 e. The SMILES string of the molecule is CCc1[nH]n2c(=O)cc([C@H](C)Cn3nccc3C)nc2c1-c1ccc(OC)c(OC)c1. The minimum absolute atomic E-state index is 0.0227. The lowest BCUT2D eigenvalue weighted by molar-refractivity contribution is 0.355. The molecule has 1 aromatic carbocycles. The molecule has 4 aromatic rings. The summed E-state index contributed by atoms with van der Waals surface area (Å²) in [6.07, 6.45) is 2.51. The molecule has 0 unspecified atom stereocenters. The Morgan fingerprint density at radius 3 is 2.55 bits per heavy atom. The fraction of sp³-hybridized carbons (Fsp3) is 0.348. The summed E-state index contributed by atoms with van der Waals surface area (Å²) in [6.45, 7) is 6.77. The maximum atomic E-state index is 12.9. The van der Waals surface area contributed by atoms with Gasteiger partial charge < -0.3 is 9.47 Å². The molecule has 3 aromatic heterocycles. The van der Waals surface area contributed by atoms with E-state index in [9.17, 15) is 4.79 Å². The predicted molar refractivity (Wildman–Crippen MR) is 119 cm³/mol. The number of hydrogen-bond donors (Lipinski definition) is 1. The van der Waals surface area contributed by atoms with E-state index >= 15 is 0 Å². The Morgan fingerprint density at radius 1 is 1.13 bits per heavy atom. The standard InChI is InChI=1S/C23H27N5O3/c1-6-17-22(16-7-8-19(30-4)20(11-16)31-5)23-25-18(12-21(29)28(23)26-17)14(2)13-27-15(3)9-10-24-27/h7-12,14,26H,6,13H2,1-5H3/t14-/m1/s1. The highest BCUT2D eigenvalue weighted by Crippen LogP contribution is 2.35. The van der Waals surface area contributed by atoms with Crippen molar-refractivity contribution in [3.8, 4) is 22.6 Å². The van der Waals surface area contributed by atoms with Crippen LogP contribution in [-0.2, 0) is 13.0 Å². The number of aromatic nitrogens is 5. The monoisotopic (exact) mass is 421 g/mol. The van der Waals surface area contributed by atoms with Crippen LogP contribution in [0.3, 0.4) is 0 Å². The summed E-state index contributed by atoms with van der Waals surface area (Å²) in [5, 5.41) is 7.58. The summed E-state index contributed by atoms with van der Waals surface area (Å²) in [6, 6.07) is 9.30. The normalized spacial score (nSPS) is 12.3. The third-order valence-electron chi connectivity index (χ3n) is 5.62. The lowest BCUT2D eigenvalue weighted by atomic mass is 10.0. The lowest BCUT2D eigenvalue weighted by Crippen LogP contribution is -2.18. The summed E-state index contributed by atoms with van der Waals surface area (Å²) in [5.74, 6) is 1.30. The van der Waals surface area contributed by atoms with E-state index < -0.39 is 0 Å². The van der Waals surface area contributed by atoms with Gasteiger partial charge in [0.25, 0.3) is 5.56 Å². The van der Waals surface area contributed by atoms with E-state index in [0.29, 0.717) is 23.7 Å². The fourth-order valence-corrected chi connectivity index (χ4v) is 3.85. The Morgan fingerprint density at radius 2 is 1.90 bits per heavy atom. The number of benzene rings is 1. The third-order valence-corrected chi connectivity index (χ3v) is 5.62. The molecule has 0 bridgehead atoms. The fourth-order valence-electron chi connectivity index (χ4n) is 3.85. The molecule has 31 heavy (non-hydrogen) atoms. The van der Waals surface area contributed by atoms with Crippen LogP contribution in [0.5, 0.6) is 11.5 Å². The van der Waals surface area contributed by atoms with E-state index in [1.54, 1.807) is 26.5 Å². The first-order chi connectivity index (χ1) is 15.0. The van der Waals surface area contributed by atoms with E-state index in [-0.39, 0.29) is 11.5 Å². The second-order valence-electron chi connectivity index (χ2n) is 7.62. The van der Waals surface area contributed by atoms with Gasteiger partial charge in [-0.15, -0.1) is 0 Å². The molecule has 8 heteroatoms. The Labute approximate surface area is 180 Å². The Hall–Kier alpha value is -3.55. The predicted octanol–water partition coefficient (Wildman–Crippen LogP) is 3.58. The molecule has 0 radical (unpaired) electrons. The third kappa shape index (κ3) is 3.69. The molecule has 4 rings (SSSR count). The molecule has 0 saturated carbocycles. The van der Waals surface area contributed by atoms with E-state index in [2.05, 4.69) is 17.1 Å². The molecular weight excluding hydrogens is 394 g/mol. The van der Waals surface area contributed by atoms with Crippen LogP contribution in [0.25, 0.3) is 16.8 Å². The number of methoxy groups -OCH3 is 2. The first kappa shape index (κ1) is 20.7. The van der Waals surface area contributed by atoms with Crippen LogP contribution in [0.15, 0.2) is 41.3 Å². The van der Waals surface area contributed by atoms with Gasteiger partial charge in [0.15, 0.2) is 17.1 Å². The Bertz CT molecular complexity index is 1280.